The van der Waals surface area contributed by atoms with Gasteiger partial charge in [0.25, 0.3) is 5.91 Å². The number of aliphatic hydroxyl groups excluding tert-OH is 1. The van der Waals surface area contributed by atoms with Crippen LogP contribution in [0.15, 0.2) is 96.5 Å². The molecular weight excluding hydrogens is 1150 g/mol. The van der Waals surface area contributed by atoms with Crippen molar-refractivity contribution in [1.82, 2.24) is 35.4 Å². The summed E-state index contributed by atoms with van der Waals surface area (Å²) in [5.74, 6) is 6.25. The summed E-state index contributed by atoms with van der Waals surface area (Å²) in [6.07, 6.45) is 6.77. The number of nitrogens with one attached hydrogen (secondary N) is 3. The smallest absolute Gasteiger partial charge is 0.357 e. The highest BCUT2D eigenvalue weighted by Gasteiger charge is 2.45. The monoisotopic (exact) mass is 1230 g/mol. The summed E-state index contributed by atoms with van der Waals surface area (Å²) in [5.41, 5.74) is 8.87. The zero-order valence-corrected chi connectivity index (χ0v) is 52.4. The number of β-amino-alcohol motifs (C(OH)–C–C–N with tert-alkyl or cyclic N) is 1. The Bertz CT molecular complexity index is 3640. The number of aliphatic hydroxyl groups is 1. The van der Waals surface area contributed by atoms with E-state index in [9.17, 15) is 29.1 Å². The zero-order valence-electron chi connectivity index (χ0n) is 49.9. The molecule has 6 heterocycles. The summed E-state index contributed by atoms with van der Waals surface area (Å²) in [4.78, 5) is 90.4. The number of aryl methyl sites for hydroxylation is 2. The highest BCUT2D eigenvalue weighted by Crippen LogP contribution is 2.36. The van der Waals surface area contributed by atoms with Crippen LogP contribution in [0.3, 0.4) is 0 Å². The molecule has 20 heteroatoms. The molecular formula is C67H75N9O8S3. The van der Waals surface area contributed by atoms with Crippen LogP contribution in [-0.4, -0.2) is 124 Å². The number of benzene rings is 4. The van der Waals surface area contributed by atoms with E-state index in [0.717, 1.165) is 104 Å². The molecule has 4 aliphatic rings. The molecule has 11 rings (SSSR count). The number of methoxy groups -OCH3 is 1. The molecule has 3 fully saturated rings. The number of hydrogen-bond donors (Lipinski definition) is 4. The average molecular weight is 1230 g/mol. The van der Waals surface area contributed by atoms with Gasteiger partial charge in [-0.2, -0.15) is 0 Å². The first-order chi connectivity index (χ1) is 42.0. The maximum absolute atomic E-state index is 14.3. The lowest BCUT2D eigenvalue weighted by molar-refractivity contribution is -0.144. The van der Waals surface area contributed by atoms with Gasteiger partial charge in [-0.15, -0.1) is 22.7 Å². The molecule has 3 aliphatic heterocycles. The fourth-order valence-corrected chi connectivity index (χ4v) is 15.1. The lowest BCUT2D eigenvalue weighted by Crippen LogP contribution is -2.59. The molecule has 4 N–H and O–H groups in total. The van der Waals surface area contributed by atoms with Gasteiger partial charge in [0.05, 0.1) is 46.1 Å². The first kappa shape index (κ1) is 61.1. The van der Waals surface area contributed by atoms with Crippen LogP contribution in [0, 0.1) is 36.0 Å². The predicted octanol–water partition coefficient (Wildman–Crippen LogP) is 10.2. The highest BCUT2D eigenvalue weighted by atomic mass is 32.1. The number of para-hydroxylation sites is 1. The quantitative estimate of drug-likeness (QED) is 0.0381. The summed E-state index contributed by atoms with van der Waals surface area (Å²) < 4.78 is 12.3. The van der Waals surface area contributed by atoms with E-state index in [4.69, 9.17) is 14.5 Å². The van der Waals surface area contributed by atoms with Gasteiger partial charge < -0.3 is 39.9 Å². The van der Waals surface area contributed by atoms with Gasteiger partial charge in [0.2, 0.25) is 17.7 Å². The number of likely N-dealkylation sites (tertiary alicyclic amines) is 2. The lowest BCUT2D eigenvalue weighted by Gasteiger charge is -2.41. The van der Waals surface area contributed by atoms with Crippen molar-refractivity contribution in [3.8, 4) is 28.0 Å². The minimum absolute atomic E-state index is 0.0268. The van der Waals surface area contributed by atoms with E-state index < -0.39 is 29.6 Å². The Labute approximate surface area is 520 Å². The van der Waals surface area contributed by atoms with Crippen molar-refractivity contribution in [2.45, 2.75) is 129 Å². The number of thiazole rings is 3. The fraction of sp³-hybridized carbons (Fsp3) is 0.433. The van der Waals surface area contributed by atoms with E-state index >= 15 is 0 Å². The van der Waals surface area contributed by atoms with Crippen molar-refractivity contribution in [3.63, 3.8) is 0 Å². The van der Waals surface area contributed by atoms with Crippen LogP contribution in [0.25, 0.3) is 20.7 Å². The normalized spacial score (nSPS) is 19.4. The van der Waals surface area contributed by atoms with Crippen LogP contribution in [0.1, 0.15) is 126 Å². The Kier molecular flexibility index (Phi) is 19.1. The number of esters is 1. The first-order valence-corrected chi connectivity index (χ1v) is 32.7. The van der Waals surface area contributed by atoms with Gasteiger partial charge in [0.15, 0.2) is 16.0 Å². The number of carbonyl (C=O) groups is 5. The van der Waals surface area contributed by atoms with E-state index in [0.29, 0.717) is 78.9 Å². The first-order valence-electron chi connectivity index (χ1n) is 30.2. The lowest BCUT2D eigenvalue weighted by atomic mass is 9.83. The maximum atomic E-state index is 14.3. The van der Waals surface area contributed by atoms with Crippen molar-refractivity contribution in [3.05, 3.63) is 141 Å². The number of ether oxygens (including phenoxy) is 2. The zero-order chi connectivity index (χ0) is 60.8. The predicted molar refractivity (Wildman–Crippen MR) is 341 cm³/mol. The summed E-state index contributed by atoms with van der Waals surface area (Å²) in [7, 11) is 1.37. The Morgan fingerprint density at radius 2 is 1.63 bits per heavy atom. The minimum Gasteiger partial charge on any atom is -0.494 e. The number of amides is 4. The summed E-state index contributed by atoms with van der Waals surface area (Å²) in [6.45, 7) is 11.3. The number of rotatable bonds is 17. The molecule has 3 atom stereocenters. The van der Waals surface area contributed by atoms with Gasteiger partial charge in [-0.1, -0.05) is 92.5 Å². The van der Waals surface area contributed by atoms with Crippen molar-refractivity contribution in [2.75, 3.05) is 50.1 Å². The Balaban J connectivity index is 0.605. The van der Waals surface area contributed by atoms with Crippen molar-refractivity contribution in [1.29, 1.82) is 0 Å². The topological polar surface area (TPSA) is 209 Å². The van der Waals surface area contributed by atoms with Crippen LogP contribution < -0.4 is 25.6 Å². The number of fused-ring (bicyclic) bond motifs is 2. The van der Waals surface area contributed by atoms with Crippen LogP contribution in [0.5, 0.6) is 5.75 Å². The molecule has 3 aromatic heterocycles. The van der Waals surface area contributed by atoms with E-state index in [1.807, 2.05) is 118 Å². The summed E-state index contributed by atoms with van der Waals surface area (Å²) in [5, 5.41) is 21.1. The van der Waals surface area contributed by atoms with E-state index in [1.165, 1.54) is 34.7 Å². The number of nitrogens with zero attached hydrogens (tertiary/aromatic N) is 6. The van der Waals surface area contributed by atoms with Gasteiger partial charge in [-0.3, -0.25) is 24.5 Å². The largest absolute Gasteiger partial charge is 0.494 e. The Hall–Kier alpha value is -7.54. The number of carbonyl (C=O) groups excluding carboxylic acids is 5. The summed E-state index contributed by atoms with van der Waals surface area (Å²) in [6, 6.07) is 28.2. The van der Waals surface area contributed by atoms with Gasteiger partial charge in [0.1, 0.15) is 17.8 Å². The molecule has 2 saturated heterocycles. The van der Waals surface area contributed by atoms with Gasteiger partial charge in [-0.05, 0) is 148 Å². The van der Waals surface area contributed by atoms with Crippen LogP contribution in [-0.2, 0) is 45.1 Å². The second-order valence-electron chi connectivity index (χ2n) is 24.3. The third-order valence-corrected chi connectivity index (χ3v) is 20.4. The second kappa shape index (κ2) is 27.2. The Morgan fingerprint density at radius 3 is 2.36 bits per heavy atom. The number of piperidine rings is 1. The second-order valence-corrected chi connectivity index (χ2v) is 27.2. The molecule has 4 aromatic carbocycles. The molecule has 4 amide bonds. The van der Waals surface area contributed by atoms with E-state index in [2.05, 4.69) is 53.6 Å². The minimum atomic E-state index is -0.871. The highest BCUT2D eigenvalue weighted by molar-refractivity contribution is 7.22. The molecule has 454 valence electrons. The maximum Gasteiger partial charge on any atom is 0.357 e. The molecule has 17 nitrogen and oxygen atoms in total. The van der Waals surface area contributed by atoms with E-state index in [-0.39, 0.29) is 49.1 Å². The molecule has 7 aromatic rings. The molecule has 0 spiro atoms. The number of aromatic nitrogens is 3. The average Bonchev–Trinajstić information content (AvgIpc) is 4.54. The van der Waals surface area contributed by atoms with Gasteiger partial charge in [0, 0.05) is 66.5 Å². The summed E-state index contributed by atoms with van der Waals surface area (Å²) >= 11 is 4.51. The van der Waals surface area contributed by atoms with Crippen molar-refractivity contribution < 1.29 is 38.6 Å². The van der Waals surface area contributed by atoms with Crippen LogP contribution in [0.2, 0.25) is 0 Å². The molecule has 0 radical (unpaired) electrons. The SMILES string of the molecule is COC(=O)c1nc(N2CCc3cccc(C(=O)Nc4nc5ccccc5s4)c3C2)sc1CCCOc1ccc(C#CC2CCC(N3CCC(C(=O)N[C@H](C(=O)N4C[C@H](O)C[C@H]4C(=O)NCc4ccc(-c5scnc5C)cc4)C(C)(C)C)CC3)CC2)cc1. The third kappa shape index (κ3) is 14.6. The van der Waals surface area contributed by atoms with Crippen LogP contribution in [0.4, 0.5) is 10.3 Å². The van der Waals surface area contributed by atoms with Crippen molar-refractivity contribution >= 4 is 84.1 Å². The molecule has 1 aliphatic carbocycles. The van der Waals surface area contributed by atoms with E-state index in [1.54, 1.807) is 11.3 Å². The Morgan fingerprint density at radius 1 is 0.862 bits per heavy atom. The number of anilines is 2. The standard InChI is InChI=1S/C67H75N9O8S3/c1-41-58(85-40-69-41)46-23-17-44(18-24-46)37-68-62(80)54-36-49(77)38-76(54)63(81)59(67(2,3)4)72-60(78)47-30-32-74(33-31-47)48-25-19-42(20-26-48)15-16-43-21-27-50(28-22-43)84-35-9-14-56-57(64(82)83-5)71-66(87-56)75-34-29-45-10-8-11-51(52(45)39-75)61(79)73-65-70-53-12-6-7-13-55(53)86-65/h6-8,10-13,17-18,21-24,27-28,40,42,47-49,54,59,77H,9,14,19-20,25-26,29-39H2,1-5H3,(H,68,80)(H,72,78)(H,70,73,79)/t42?,48?,49-,54+,59-/m1/s1. The number of hydrogen-bond acceptors (Lipinski definition) is 16. The van der Waals surface area contributed by atoms with Crippen LogP contribution >= 0.6 is 34.0 Å². The molecule has 87 heavy (non-hydrogen) atoms. The molecule has 1 saturated carbocycles. The van der Waals surface area contributed by atoms with Crippen molar-refractivity contribution in [2.24, 2.45) is 17.3 Å². The molecule has 0 unspecified atom stereocenters. The fourth-order valence-electron chi connectivity index (χ4n) is 12.3. The molecule has 0 bridgehead atoms. The third-order valence-electron chi connectivity index (χ3n) is 17.3. The van der Waals surface area contributed by atoms with Gasteiger partial charge >= 0.3 is 5.97 Å². The van der Waals surface area contributed by atoms with Gasteiger partial charge in [-0.25, -0.2) is 19.7 Å².